The van der Waals surface area contributed by atoms with Crippen LogP contribution < -0.4 is 15.4 Å². The Balaban J connectivity index is 1.59. The summed E-state index contributed by atoms with van der Waals surface area (Å²) >= 11 is 0. The smallest absolute Gasteiger partial charge is 0.287 e. The molecule has 37 heavy (non-hydrogen) atoms. The van der Waals surface area contributed by atoms with E-state index < -0.39 is 17.9 Å². The van der Waals surface area contributed by atoms with Gasteiger partial charge in [0.05, 0.1) is 26.0 Å². The lowest BCUT2D eigenvalue weighted by Crippen LogP contribution is -2.48. The number of rotatable bonds is 11. The van der Waals surface area contributed by atoms with Gasteiger partial charge in [0, 0.05) is 19.7 Å². The van der Waals surface area contributed by atoms with Gasteiger partial charge in [0.1, 0.15) is 11.8 Å². The fourth-order valence-corrected chi connectivity index (χ4v) is 4.23. The molecule has 9 heteroatoms. The highest BCUT2D eigenvalue weighted by Gasteiger charge is 2.32. The number of amides is 3. The second-order valence-electron chi connectivity index (χ2n) is 8.72. The van der Waals surface area contributed by atoms with E-state index in [1.165, 1.54) is 17.2 Å². The molecule has 2 heterocycles. The van der Waals surface area contributed by atoms with Crippen molar-refractivity contribution >= 4 is 17.7 Å². The lowest BCUT2D eigenvalue weighted by Gasteiger charge is -2.32. The van der Waals surface area contributed by atoms with Crippen molar-refractivity contribution in [1.82, 2.24) is 15.5 Å². The molecule has 1 saturated heterocycles. The summed E-state index contributed by atoms with van der Waals surface area (Å²) in [5, 5.41) is 5.57. The van der Waals surface area contributed by atoms with Gasteiger partial charge in [0.2, 0.25) is 11.8 Å². The van der Waals surface area contributed by atoms with Crippen LogP contribution in [0, 0.1) is 0 Å². The van der Waals surface area contributed by atoms with E-state index >= 15 is 0 Å². The number of hydrogen-bond donors (Lipinski definition) is 2. The highest BCUT2D eigenvalue weighted by Crippen LogP contribution is 2.25. The molecular weight excluding hydrogens is 474 g/mol. The van der Waals surface area contributed by atoms with Gasteiger partial charge in [-0.25, -0.2) is 0 Å². The highest BCUT2D eigenvalue weighted by atomic mass is 16.5. The van der Waals surface area contributed by atoms with E-state index in [2.05, 4.69) is 10.6 Å². The predicted octanol–water partition coefficient (Wildman–Crippen LogP) is 3.08. The minimum absolute atomic E-state index is 0.0429. The average Bonchev–Trinajstić information content (AvgIpc) is 3.66. The largest absolute Gasteiger partial charge is 0.497 e. The molecule has 3 aromatic rings. The number of nitrogens with zero attached hydrogens (tertiary/aromatic N) is 1. The van der Waals surface area contributed by atoms with Gasteiger partial charge in [-0.1, -0.05) is 42.5 Å². The van der Waals surface area contributed by atoms with E-state index in [9.17, 15) is 14.4 Å². The molecule has 1 aliphatic rings. The molecule has 1 fully saturated rings. The minimum Gasteiger partial charge on any atom is -0.497 e. The third-order valence-electron chi connectivity index (χ3n) is 6.18. The second-order valence-corrected chi connectivity index (χ2v) is 8.72. The fourth-order valence-electron chi connectivity index (χ4n) is 4.23. The number of methoxy groups -OCH3 is 1. The Morgan fingerprint density at radius 2 is 1.81 bits per heavy atom. The maximum atomic E-state index is 13.6. The highest BCUT2D eigenvalue weighted by molar-refractivity contribution is 5.95. The van der Waals surface area contributed by atoms with Crippen molar-refractivity contribution in [2.75, 3.05) is 26.8 Å². The van der Waals surface area contributed by atoms with Crippen LogP contribution >= 0.6 is 0 Å². The van der Waals surface area contributed by atoms with Gasteiger partial charge in [0.15, 0.2) is 5.76 Å². The number of hydrogen-bond acceptors (Lipinski definition) is 6. The van der Waals surface area contributed by atoms with E-state index in [0.29, 0.717) is 24.5 Å². The molecule has 0 spiro atoms. The summed E-state index contributed by atoms with van der Waals surface area (Å²) in [5.41, 5.74) is 1.46. The molecule has 2 N–H and O–H groups in total. The van der Waals surface area contributed by atoms with Crippen LogP contribution in [-0.4, -0.2) is 55.5 Å². The van der Waals surface area contributed by atoms with Crippen LogP contribution in [-0.2, 0) is 20.9 Å². The summed E-state index contributed by atoms with van der Waals surface area (Å²) in [5.74, 6) is -0.468. The van der Waals surface area contributed by atoms with Crippen LogP contribution in [0.25, 0.3) is 0 Å². The van der Waals surface area contributed by atoms with Gasteiger partial charge < -0.3 is 29.4 Å². The van der Waals surface area contributed by atoms with Gasteiger partial charge in [0.25, 0.3) is 5.91 Å². The van der Waals surface area contributed by atoms with Crippen LogP contribution in [0.5, 0.6) is 5.75 Å². The number of carbonyl (C=O) groups is 3. The van der Waals surface area contributed by atoms with E-state index in [1.54, 1.807) is 25.3 Å². The molecule has 1 aromatic heterocycles. The Morgan fingerprint density at radius 3 is 2.46 bits per heavy atom. The molecule has 0 saturated carbocycles. The Kier molecular flexibility index (Phi) is 8.93. The standard InChI is InChI=1S/C28H31N3O6/c1-35-22-13-11-20(12-14-22)19-31(25(32)18-30-27(33)24-10-6-16-37-24)26(21-7-3-2-4-8-21)28(34)29-17-23-9-5-15-36-23/h2-4,6-8,10-14,16,23,26H,5,9,15,17-19H2,1H3,(H,29,34)(H,30,33)/t23-,26-/m0/s1. The van der Waals surface area contributed by atoms with Gasteiger partial charge in [-0.15, -0.1) is 0 Å². The van der Waals surface area contributed by atoms with Crippen molar-refractivity contribution in [2.45, 2.75) is 31.5 Å². The van der Waals surface area contributed by atoms with Crippen LogP contribution in [0.2, 0.25) is 0 Å². The zero-order valence-electron chi connectivity index (χ0n) is 20.7. The molecule has 2 atom stereocenters. The molecule has 0 bridgehead atoms. The van der Waals surface area contributed by atoms with Crippen molar-refractivity contribution < 1.29 is 28.3 Å². The quantitative estimate of drug-likeness (QED) is 0.415. The third kappa shape index (κ3) is 6.98. The molecule has 4 rings (SSSR count). The molecule has 0 aliphatic carbocycles. The van der Waals surface area contributed by atoms with E-state index in [-0.39, 0.29) is 30.9 Å². The first kappa shape index (κ1) is 26.0. The molecule has 1 aliphatic heterocycles. The van der Waals surface area contributed by atoms with Crippen molar-refractivity contribution in [1.29, 1.82) is 0 Å². The molecule has 194 valence electrons. The van der Waals surface area contributed by atoms with Crippen LogP contribution in [0.15, 0.2) is 77.4 Å². The maximum absolute atomic E-state index is 13.6. The predicted molar refractivity (Wildman–Crippen MR) is 136 cm³/mol. The molecular formula is C28H31N3O6. The zero-order valence-corrected chi connectivity index (χ0v) is 20.7. The first-order valence-electron chi connectivity index (χ1n) is 12.2. The summed E-state index contributed by atoms with van der Waals surface area (Å²) in [4.78, 5) is 41.0. The topological polar surface area (TPSA) is 110 Å². The summed E-state index contributed by atoms with van der Waals surface area (Å²) in [6.45, 7) is 0.881. The molecule has 0 radical (unpaired) electrons. The van der Waals surface area contributed by atoms with Crippen molar-refractivity contribution in [2.24, 2.45) is 0 Å². The second kappa shape index (κ2) is 12.7. The van der Waals surface area contributed by atoms with Gasteiger partial charge >= 0.3 is 0 Å². The van der Waals surface area contributed by atoms with Crippen LogP contribution in [0.1, 0.15) is 40.6 Å². The number of furan rings is 1. The lowest BCUT2D eigenvalue weighted by atomic mass is 10.0. The van der Waals surface area contributed by atoms with E-state index in [1.807, 2.05) is 42.5 Å². The molecule has 0 unspecified atom stereocenters. The molecule has 3 amide bonds. The monoisotopic (exact) mass is 505 g/mol. The Labute approximate surface area is 215 Å². The number of benzene rings is 2. The van der Waals surface area contributed by atoms with Gasteiger partial charge in [-0.2, -0.15) is 0 Å². The van der Waals surface area contributed by atoms with Crippen LogP contribution in [0.3, 0.4) is 0 Å². The fraction of sp³-hybridized carbons (Fsp3) is 0.321. The first-order chi connectivity index (χ1) is 18.0. The summed E-state index contributed by atoms with van der Waals surface area (Å²) < 4.78 is 16.0. The van der Waals surface area contributed by atoms with Crippen molar-refractivity contribution in [3.63, 3.8) is 0 Å². The van der Waals surface area contributed by atoms with Gasteiger partial charge in [-0.3, -0.25) is 14.4 Å². The normalized spacial score (nSPS) is 15.5. The van der Waals surface area contributed by atoms with E-state index in [0.717, 1.165) is 18.4 Å². The lowest BCUT2D eigenvalue weighted by molar-refractivity contribution is -0.141. The first-order valence-corrected chi connectivity index (χ1v) is 12.2. The number of nitrogens with one attached hydrogen (secondary N) is 2. The SMILES string of the molecule is COc1ccc(CN(C(=O)CNC(=O)c2ccco2)[C@H](C(=O)NC[C@@H]2CCCO2)c2ccccc2)cc1. The summed E-state index contributed by atoms with van der Waals surface area (Å²) in [7, 11) is 1.58. The summed E-state index contributed by atoms with van der Waals surface area (Å²) in [6, 6.07) is 18.6. The number of carbonyl (C=O) groups excluding carboxylic acids is 3. The Bertz CT molecular complexity index is 1160. The minimum atomic E-state index is -0.919. The van der Waals surface area contributed by atoms with Crippen LogP contribution in [0.4, 0.5) is 0 Å². The average molecular weight is 506 g/mol. The van der Waals surface area contributed by atoms with Crippen molar-refractivity contribution in [3.8, 4) is 5.75 Å². The third-order valence-corrected chi connectivity index (χ3v) is 6.18. The number of ether oxygens (including phenoxy) is 2. The summed E-state index contributed by atoms with van der Waals surface area (Å²) in [6.07, 6.45) is 3.18. The van der Waals surface area contributed by atoms with E-state index in [4.69, 9.17) is 13.9 Å². The Hall–Kier alpha value is -4.11. The molecule has 2 aromatic carbocycles. The Morgan fingerprint density at radius 1 is 1.03 bits per heavy atom. The zero-order chi connectivity index (χ0) is 26.0. The van der Waals surface area contributed by atoms with Crippen molar-refractivity contribution in [3.05, 3.63) is 89.9 Å². The molecule has 9 nitrogen and oxygen atoms in total. The maximum Gasteiger partial charge on any atom is 0.287 e. The van der Waals surface area contributed by atoms with Gasteiger partial charge in [-0.05, 0) is 48.2 Å².